The second-order valence-electron chi connectivity index (χ2n) is 6.62. The van der Waals surface area contributed by atoms with Gasteiger partial charge in [-0.25, -0.2) is 0 Å². The van der Waals surface area contributed by atoms with Crippen molar-refractivity contribution in [3.63, 3.8) is 0 Å². The second kappa shape index (κ2) is 5.69. The molecular weight excluding hydrogens is 270 g/mol. The highest BCUT2D eigenvalue weighted by atomic mass is 35.5. The van der Waals surface area contributed by atoms with Gasteiger partial charge in [-0.15, -0.1) is 0 Å². The first-order valence-electron chi connectivity index (χ1n) is 8.01. The van der Waals surface area contributed by atoms with E-state index < -0.39 is 0 Å². The Kier molecular flexibility index (Phi) is 4.09. The van der Waals surface area contributed by atoms with Crippen LogP contribution in [0.5, 0.6) is 0 Å². The normalized spacial score (nSPS) is 30.1. The van der Waals surface area contributed by atoms with Crippen molar-refractivity contribution in [1.29, 1.82) is 0 Å². The minimum atomic E-state index is 0.544. The molecule has 2 fully saturated rings. The maximum Gasteiger partial charge on any atom is 0.0850 e. The monoisotopic (exact) mass is 295 g/mol. The third kappa shape index (κ3) is 2.39. The van der Waals surface area contributed by atoms with Crippen molar-refractivity contribution in [2.45, 2.75) is 51.5 Å². The Labute approximate surface area is 127 Å². The fourth-order valence-corrected chi connectivity index (χ4v) is 4.88. The molecule has 3 nitrogen and oxygen atoms in total. The predicted molar refractivity (Wildman–Crippen MR) is 83.1 cm³/mol. The first kappa shape index (κ1) is 14.4. The molecule has 2 saturated carbocycles. The van der Waals surface area contributed by atoms with Crippen LogP contribution >= 0.6 is 11.6 Å². The van der Waals surface area contributed by atoms with Crippen molar-refractivity contribution in [3.05, 3.63) is 16.4 Å². The molecule has 4 atom stereocenters. The Bertz CT molecular complexity index is 482. The summed E-state index contributed by atoms with van der Waals surface area (Å²) in [6, 6.07) is 0.544. The molecule has 0 radical (unpaired) electrons. The van der Waals surface area contributed by atoms with Crippen molar-refractivity contribution >= 4 is 11.6 Å². The number of nitrogens with zero attached hydrogens (tertiary/aromatic N) is 2. The Morgan fingerprint density at radius 3 is 2.70 bits per heavy atom. The second-order valence-corrected chi connectivity index (χ2v) is 7.00. The molecule has 2 aliphatic rings. The van der Waals surface area contributed by atoms with E-state index in [1.807, 2.05) is 11.7 Å². The first-order valence-corrected chi connectivity index (χ1v) is 8.39. The molecule has 2 bridgehead atoms. The van der Waals surface area contributed by atoms with Gasteiger partial charge in [0.05, 0.1) is 16.4 Å². The van der Waals surface area contributed by atoms with Gasteiger partial charge in [-0.3, -0.25) is 4.68 Å². The number of fused-ring (bicyclic) bond motifs is 2. The molecule has 2 aliphatic carbocycles. The Morgan fingerprint density at radius 1 is 1.40 bits per heavy atom. The van der Waals surface area contributed by atoms with E-state index in [0.29, 0.717) is 6.04 Å². The van der Waals surface area contributed by atoms with Crippen LogP contribution in [0.4, 0.5) is 0 Å². The highest BCUT2D eigenvalue weighted by Crippen LogP contribution is 2.50. The predicted octanol–water partition coefficient (Wildman–Crippen LogP) is 3.20. The lowest BCUT2D eigenvalue weighted by molar-refractivity contribution is 0.253. The van der Waals surface area contributed by atoms with E-state index in [-0.39, 0.29) is 0 Å². The van der Waals surface area contributed by atoms with Gasteiger partial charge < -0.3 is 5.32 Å². The number of hydrogen-bond acceptors (Lipinski definition) is 2. The van der Waals surface area contributed by atoms with Crippen molar-refractivity contribution in [2.75, 3.05) is 7.05 Å². The zero-order valence-corrected chi connectivity index (χ0v) is 13.6. The van der Waals surface area contributed by atoms with Gasteiger partial charge in [-0.1, -0.05) is 24.9 Å². The number of halogens is 1. The minimum absolute atomic E-state index is 0.544. The molecule has 4 unspecified atom stereocenters. The van der Waals surface area contributed by atoms with Crippen molar-refractivity contribution in [3.8, 4) is 0 Å². The van der Waals surface area contributed by atoms with Gasteiger partial charge in [-0.2, -0.15) is 5.10 Å². The summed E-state index contributed by atoms with van der Waals surface area (Å²) in [7, 11) is 4.12. The number of aryl methyl sites for hydroxylation is 2. The molecule has 0 aliphatic heterocycles. The summed E-state index contributed by atoms with van der Waals surface area (Å²) in [5.74, 6) is 2.76. The quantitative estimate of drug-likeness (QED) is 0.904. The lowest BCUT2D eigenvalue weighted by atomic mass is 9.81. The van der Waals surface area contributed by atoms with Gasteiger partial charge in [-0.05, 0) is 50.5 Å². The minimum Gasteiger partial charge on any atom is -0.316 e. The largest absolute Gasteiger partial charge is 0.316 e. The van der Waals surface area contributed by atoms with Crippen molar-refractivity contribution < 1.29 is 0 Å². The molecule has 3 rings (SSSR count). The Morgan fingerprint density at radius 2 is 2.20 bits per heavy atom. The smallest absolute Gasteiger partial charge is 0.0850 e. The summed E-state index contributed by atoms with van der Waals surface area (Å²) >= 11 is 6.51. The van der Waals surface area contributed by atoms with E-state index in [4.69, 9.17) is 11.6 Å². The van der Waals surface area contributed by atoms with E-state index in [2.05, 4.69) is 24.4 Å². The van der Waals surface area contributed by atoms with Crippen LogP contribution < -0.4 is 5.32 Å². The van der Waals surface area contributed by atoms with Crippen LogP contribution in [-0.4, -0.2) is 22.9 Å². The highest BCUT2D eigenvalue weighted by Gasteiger charge is 2.42. The van der Waals surface area contributed by atoms with E-state index >= 15 is 0 Å². The Hall–Kier alpha value is -0.540. The molecule has 0 amide bonds. The van der Waals surface area contributed by atoms with Crippen LogP contribution in [0.15, 0.2) is 0 Å². The summed E-state index contributed by atoms with van der Waals surface area (Å²) in [6.45, 7) is 2.11. The summed E-state index contributed by atoms with van der Waals surface area (Å²) in [4.78, 5) is 0. The highest BCUT2D eigenvalue weighted by molar-refractivity contribution is 6.31. The summed E-state index contributed by atoms with van der Waals surface area (Å²) in [6.07, 6.45) is 7.68. The van der Waals surface area contributed by atoms with E-state index in [1.165, 1.54) is 31.4 Å². The first-order chi connectivity index (χ1) is 9.63. The van der Waals surface area contributed by atoms with Crippen molar-refractivity contribution in [1.82, 2.24) is 15.1 Å². The molecule has 1 aromatic rings. The maximum absolute atomic E-state index is 6.51. The van der Waals surface area contributed by atoms with Gasteiger partial charge in [0.15, 0.2) is 0 Å². The van der Waals surface area contributed by atoms with Gasteiger partial charge in [0.25, 0.3) is 0 Å². The molecule has 112 valence electrons. The molecule has 0 spiro atoms. The standard InChI is InChI=1S/C16H26ClN3/c1-4-13-16(17)15(20(3)19-13)9-14(18-2)12-8-10-5-6-11(12)7-10/h10-12,14,18H,4-9H2,1-3H3. The molecule has 20 heavy (non-hydrogen) atoms. The van der Waals surface area contributed by atoms with Crippen LogP contribution in [0.1, 0.15) is 44.0 Å². The van der Waals surface area contributed by atoms with E-state index in [9.17, 15) is 0 Å². The van der Waals surface area contributed by atoms with Gasteiger partial charge in [0.2, 0.25) is 0 Å². The maximum atomic E-state index is 6.51. The zero-order chi connectivity index (χ0) is 14.3. The third-order valence-electron chi connectivity index (χ3n) is 5.60. The molecule has 0 saturated heterocycles. The molecule has 1 N–H and O–H groups in total. The lowest BCUT2D eigenvalue weighted by Gasteiger charge is -2.30. The molecule has 1 aromatic heterocycles. The molecule has 4 heteroatoms. The Balaban J connectivity index is 1.77. The van der Waals surface area contributed by atoms with E-state index in [0.717, 1.165) is 41.3 Å². The summed E-state index contributed by atoms with van der Waals surface area (Å²) in [5.41, 5.74) is 2.23. The molecule has 1 heterocycles. The van der Waals surface area contributed by atoms with Crippen LogP contribution in [0, 0.1) is 17.8 Å². The number of rotatable bonds is 5. The number of nitrogens with one attached hydrogen (secondary N) is 1. The van der Waals surface area contributed by atoms with Gasteiger partial charge in [0.1, 0.15) is 0 Å². The van der Waals surface area contributed by atoms with Crippen LogP contribution in [-0.2, 0) is 19.9 Å². The van der Waals surface area contributed by atoms with Crippen molar-refractivity contribution in [2.24, 2.45) is 24.8 Å². The van der Waals surface area contributed by atoms with Gasteiger partial charge >= 0.3 is 0 Å². The summed E-state index contributed by atoms with van der Waals surface area (Å²) < 4.78 is 1.98. The van der Waals surface area contributed by atoms with Crippen LogP contribution in [0.3, 0.4) is 0 Å². The third-order valence-corrected chi connectivity index (χ3v) is 6.03. The van der Waals surface area contributed by atoms with Gasteiger partial charge in [0, 0.05) is 19.5 Å². The topological polar surface area (TPSA) is 29.9 Å². The fourth-order valence-electron chi connectivity index (χ4n) is 4.50. The SMILES string of the molecule is CCc1nn(C)c(CC(NC)C2CC3CCC2C3)c1Cl. The average molecular weight is 296 g/mol. The number of aromatic nitrogens is 2. The summed E-state index contributed by atoms with van der Waals surface area (Å²) in [5, 5.41) is 8.99. The van der Waals surface area contributed by atoms with Crippen LogP contribution in [0.25, 0.3) is 0 Å². The average Bonchev–Trinajstić information content (AvgIpc) is 3.13. The fraction of sp³-hybridized carbons (Fsp3) is 0.812. The number of likely N-dealkylation sites (N-methyl/N-ethyl adjacent to an activating group) is 1. The zero-order valence-electron chi connectivity index (χ0n) is 12.8. The number of hydrogen-bond donors (Lipinski definition) is 1. The van der Waals surface area contributed by atoms with Crippen LogP contribution in [0.2, 0.25) is 5.02 Å². The van der Waals surface area contributed by atoms with E-state index in [1.54, 1.807) is 0 Å². The lowest BCUT2D eigenvalue weighted by Crippen LogP contribution is -2.38. The molecule has 0 aromatic carbocycles. The molecular formula is C16H26ClN3.